The molecule has 0 radical (unpaired) electrons. The molecule has 0 unspecified atom stereocenters. The molecule has 0 aliphatic rings. The summed E-state index contributed by atoms with van der Waals surface area (Å²) >= 11 is 3.51. The van der Waals surface area contributed by atoms with Crippen LogP contribution in [0.3, 0.4) is 0 Å². The van der Waals surface area contributed by atoms with E-state index in [9.17, 15) is 5.11 Å². The first-order valence-corrected chi connectivity index (χ1v) is 7.31. The van der Waals surface area contributed by atoms with Crippen molar-refractivity contribution in [2.45, 2.75) is 26.3 Å². The van der Waals surface area contributed by atoms with E-state index >= 15 is 0 Å². The van der Waals surface area contributed by atoms with Gasteiger partial charge in [0.2, 0.25) is 0 Å². The molecule has 0 aliphatic heterocycles. The van der Waals surface area contributed by atoms with Crippen molar-refractivity contribution in [3.8, 4) is 0 Å². The molecule has 0 heterocycles. The minimum absolute atomic E-state index is 0.193. The molecule has 0 aromatic heterocycles. The van der Waals surface area contributed by atoms with Crippen LogP contribution in [0.4, 0.5) is 5.69 Å². The van der Waals surface area contributed by atoms with Crippen LogP contribution in [0.25, 0.3) is 0 Å². The Hall–Kier alpha value is -0.580. The van der Waals surface area contributed by atoms with Crippen LogP contribution < -0.4 is 10.2 Å². The molecule has 0 amide bonds. The third-order valence-electron chi connectivity index (χ3n) is 2.90. The Morgan fingerprint density at radius 3 is 2.72 bits per heavy atom. The zero-order chi connectivity index (χ0) is 13.4. The van der Waals surface area contributed by atoms with Gasteiger partial charge in [-0.05, 0) is 37.2 Å². The van der Waals surface area contributed by atoms with E-state index in [1.165, 1.54) is 17.7 Å². The molecular weight excluding hydrogens is 292 g/mol. The summed E-state index contributed by atoms with van der Waals surface area (Å²) in [6.07, 6.45) is 2.31. The van der Waals surface area contributed by atoms with Crippen LogP contribution in [0.2, 0.25) is 0 Å². The number of halogens is 1. The third kappa shape index (κ3) is 4.59. The fourth-order valence-electron chi connectivity index (χ4n) is 2.02. The first-order valence-electron chi connectivity index (χ1n) is 6.51. The van der Waals surface area contributed by atoms with E-state index < -0.39 is 0 Å². The molecule has 0 spiro atoms. The van der Waals surface area contributed by atoms with Gasteiger partial charge in [-0.2, -0.15) is 0 Å². The van der Waals surface area contributed by atoms with Crippen molar-refractivity contribution < 1.29 is 5.11 Å². The maximum Gasteiger partial charge on any atom is 0.0606 e. The lowest BCUT2D eigenvalue weighted by atomic mass is 10.1. The quantitative estimate of drug-likeness (QED) is 0.774. The van der Waals surface area contributed by atoms with Crippen LogP contribution >= 0.6 is 15.9 Å². The molecule has 18 heavy (non-hydrogen) atoms. The maximum atomic E-state index is 9.21. The Morgan fingerprint density at radius 2 is 2.11 bits per heavy atom. The second-order valence-electron chi connectivity index (χ2n) is 4.37. The fourth-order valence-corrected chi connectivity index (χ4v) is 2.43. The second kappa shape index (κ2) is 8.51. The highest BCUT2D eigenvalue weighted by molar-refractivity contribution is 9.10. The monoisotopic (exact) mass is 314 g/mol. The van der Waals surface area contributed by atoms with Crippen LogP contribution in [-0.2, 0) is 6.54 Å². The van der Waals surface area contributed by atoms with E-state index in [-0.39, 0.29) is 6.61 Å². The summed E-state index contributed by atoms with van der Waals surface area (Å²) in [5, 5.41) is 12.4. The minimum atomic E-state index is 0.193. The van der Waals surface area contributed by atoms with Gasteiger partial charge in [-0.25, -0.2) is 0 Å². The molecule has 102 valence electrons. The van der Waals surface area contributed by atoms with E-state index in [0.29, 0.717) is 6.54 Å². The average molecular weight is 315 g/mol. The molecular formula is C14H23BrN2O. The number of hydrogen-bond acceptors (Lipinski definition) is 3. The number of nitrogens with one attached hydrogen (secondary N) is 1. The number of unbranched alkanes of at least 4 members (excludes halogenated alkanes) is 1. The van der Waals surface area contributed by atoms with Crippen LogP contribution in [0.1, 0.15) is 25.3 Å². The summed E-state index contributed by atoms with van der Waals surface area (Å²) in [5.74, 6) is 0. The highest BCUT2D eigenvalue weighted by Crippen LogP contribution is 2.25. The Bertz CT molecular complexity index is 358. The Labute approximate surface area is 118 Å². The van der Waals surface area contributed by atoms with Crippen LogP contribution in [0, 0.1) is 0 Å². The SMILES string of the molecule is CCCCN(CCO)c1ccc(Br)cc1CNC. The van der Waals surface area contributed by atoms with Crippen molar-refractivity contribution >= 4 is 21.6 Å². The lowest BCUT2D eigenvalue weighted by Crippen LogP contribution is -2.29. The van der Waals surface area contributed by atoms with Gasteiger partial charge in [0.05, 0.1) is 6.61 Å². The predicted molar refractivity (Wildman–Crippen MR) is 81.1 cm³/mol. The molecule has 0 saturated heterocycles. The van der Waals surface area contributed by atoms with Crippen LogP contribution in [0.15, 0.2) is 22.7 Å². The highest BCUT2D eigenvalue weighted by Gasteiger charge is 2.10. The van der Waals surface area contributed by atoms with Gasteiger partial charge >= 0.3 is 0 Å². The molecule has 0 bridgehead atoms. The zero-order valence-electron chi connectivity index (χ0n) is 11.2. The van der Waals surface area contributed by atoms with Gasteiger partial charge in [-0.1, -0.05) is 29.3 Å². The molecule has 1 aromatic rings. The summed E-state index contributed by atoms with van der Waals surface area (Å²) in [5.41, 5.74) is 2.48. The molecule has 3 nitrogen and oxygen atoms in total. The molecule has 0 fully saturated rings. The second-order valence-corrected chi connectivity index (χ2v) is 5.28. The smallest absolute Gasteiger partial charge is 0.0606 e. The number of hydrogen-bond donors (Lipinski definition) is 2. The van der Waals surface area contributed by atoms with Crippen molar-refractivity contribution in [3.05, 3.63) is 28.2 Å². The predicted octanol–water partition coefficient (Wildman–Crippen LogP) is 2.77. The Balaban J connectivity index is 2.93. The van der Waals surface area contributed by atoms with Crippen molar-refractivity contribution in [1.82, 2.24) is 5.32 Å². The van der Waals surface area contributed by atoms with Crippen molar-refractivity contribution in [1.29, 1.82) is 0 Å². The fraction of sp³-hybridized carbons (Fsp3) is 0.571. The molecule has 0 atom stereocenters. The number of benzene rings is 1. The van der Waals surface area contributed by atoms with Crippen molar-refractivity contribution in [2.75, 3.05) is 31.6 Å². The molecule has 1 aromatic carbocycles. The molecule has 0 saturated carbocycles. The number of nitrogens with zero attached hydrogens (tertiary/aromatic N) is 1. The summed E-state index contributed by atoms with van der Waals surface area (Å²) in [6.45, 7) is 4.91. The van der Waals surface area contributed by atoms with Gasteiger partial charge < -0.3 is 15.3 Å². The topological polar surface area (TPSA) is 35.5 Å². The normalized spacial score (nSPS) is 10.7. The van der Waals surface area contributed by atoms with E-state index in [0.717, 1.165) is 24.0 Å². The highest BCUT2D eigenvalue weighted by atomic mass is 79.9. The summed E-state index contributed by atoms with van der Waals surface area (Å²) in [6, 6.07) is 6.33. The zero-order valence-corrected chi connectivity index (χ0v) is 12.8. The molecule has 0 aliphatic carbocycles. The van der Waals surface area contributed by atoms with E-state index in [1.54, 1.807) is 0 Å². The van der Waals surface area contributed by atoms with Crippen LogP contribution in [-0.4, -0.2) is 31.9 Å². The molecule has 4 heteroatoms. The van der Waals surface area contributed by atoms with Gasteiger partial charge in [0.15, 0.2) is 0 Å². The van der Waals surface area contributed by atoms with E-state index in [2.05, 4.69) is 51.3 Å². The van der Waals surface area contributed by atoms with Crippen molar-refractivity contribution in [3.63, 3.8) is 0 Å². The Morgan fingerprint density at radius 1 is 1.33 bits per heavy atom. The van der Waals surface area contributed by atoms with E-state index in [1.807, 2.05) is 7.05 Å². The van der Waals surface area contributed by atoms with Gasteiger partial charge in [0, 0.05) is 29.8 Å². The largest absolute Gasteiger partial charge is 0.395 e. The lowest BCUT2D eigenvalue weighted by molar-refractivity contribution is 0.301. The van der Waals surface area contributed by atoms with Gasteiger partial charge in [0.1, 0.15) is 0 Å². The van der Waals surface area contributed by atoms with E-state index in [4.69, 9.17) is 0 Å². The van der Waals surface area contributed by atoms with Gasteiger partial charge in [0.25, 0.3) is 0 Å². The Kier molecular flexibility index (Phi) is 7.32. The molecule has 2 N–H and O–H groups in total. The molecule has 1 rings (SSSR count). The lowest BCUT2D eigenvalue weighted by Gasteiger charge is -2.26. The first-order chi connectivity index (χ1) is 8.72. The van der Waals surface area contributed by atoms with Crippen molar-refractivity contribution in [2.24, 2.45) is 0 Å². The summed E-state index contributed by atoms with van der Waals surface area (Å²) in [7, 11) is 1.95. The number of rotatable bonds is 8. The van der Waals surface area contributed by atoms with Crippen LogP contribution in [0.5, 0.6) is 0 Å². The number of aliphatic hydroxyl groups excluding tert-OH is 1. The summed E-state index contributed by atoms with van der Waals surface area (Å²) < 4.78 is 1.09. The maximum absolute atomic E-state index is 9.21. The minimum Gasteiger partial charge on any atom is -0.395 e. The van der Waals surface area contributed by atoms with Gasteiger partial charge in [-0.15, -0.1) is 0 Å². The number of aliphatic hydroxyl groups is 1. The number of anilines is 1. The average Bonchev–Trinajstić information content (AvgIpc) is 2.36. The first kappa shape index (κ1) is 15.5. The standard InChI is InChI=1S/C14H23BrN2O/c1-3-4-7-17(8-9-18)14-6-5-13(15)10-12(14)11-16-2/h5-6,10,16,18H,3-4,7-9,11H2,1-2H3. The summed E-state index contributed by atoms with van der Waals surface area (Å²) in [4.78, 5) is 2.27. The third-order valence-corrected chi connectivity index (χ3v) is 3.39. The van der Waals surface area contributed by atoms with Gasteiger partial charge in [-0.3, -0.25) is 0 Å².